The highest BCUT2D eigenvalue weighted by Gasteiger charge is 2.10. The number of carbonyl (C=O) groups is 1. The number of carbonyl (C=O) groups excluding carboxylic acids is 1. The van der Waals surface area contributed by atoms with Crippen LogP contribution in [-0.2, 0) is 0 Å². The van der Waals surface area contributed by atoms with Crippen LogP contribution < -0.4 is 15.8 Å². The Hall–Kier alpha value is -2.08. The van der Waals surface area contributed by atoms with E-state index in [0.29, 0.717) is 16.9 Å². The molecule has 2 rings (SSSR count). The Morgan fingerprint density at radius 2 is 2.05 bits per heavy atom. The first kappa shape index (κ1) is 14.3. The molecule has 0 fully saturated rings. The maximum absolute atomic E-state index is 13.3. The lowest BCUT2D eigenvalue weighted by atomic mass is 10.2. The van der Waals surface area contributed by atoms with E-state index in [1.165, 1.54) is 25.3 Å². The van der Waals surface area contributed by atoms with Crippen molar-refractivity contribution in [2.24, 2.45) is 0 Å². The summed E-state index contributed by atoms with van der Waals surface area (Å²) in [6, 6.07) is 8.98. The van der Waals surface area contributed by atoms with Gasteiger partial charge in [-0.25, -0.2) is 4.39 Å². The number of ether oxygens (including phenoxy) is 1. The van der Waals surface area contributed by atoms with Gasteiger partial charge in [-0.2, -0.15) is 0 Å². The topological polar surface area (TPSA) is 64.3 Å². The van der Waals surface area contributed by atoms with Gasteiger partial charge in [0, 0.05) is 27.5 Å². The summed E-state index contributed by atoms with van der Waals surface area (Å²) >= 11 is 3.26. The molecule has 0 bridgehead atoms. The van der Waals surface area contributed by atoms with E-state index >= 15 is 0 Å². The second-order valence-corrected chi connectivity index (χ2v) is 4.89. The Balaban J connectivity index is 2.21. The number of amides is 1. The second kappa shape index (κ2) is 5.92. The summed E-state index contributed by atoms with van der Waals surface area (Å²) < 4.78 is 18.8. The van der Waals surface area contributed by atoms with Crippen molar-refractivity contribution in [3.8, 4) is 5.75 Å². The van der Waals surface area contributed by atoms with E-state index in [-0.39, 0.29) is 11.7 Å². The van der Waals surface area contributed by atoms with Crippen molar-refractivity contribution in [1.82, 2.24) is 0 Å². The maximum Gasteiger partial charge on any atom is 0.255 e. The summed E-state index contributed by atoms with van der Waals surface area (Å²) in [4.78, 5) is 12.0. The number of hydrogen-bond donors (Lipinski definition) is 2. The molecule has 0 aliphatic carbocycles. The van der Waals surface area contributed by atoms with Crippen LogP contribution in [0.2, 0.25) is 0 Å². The maximum atomic E-state index is 13.3. The highest BCUT2D eigenvalue weighted by atomic mass is 79.9. The number of benzene rings is 2. The minimum atomic E-state index is -0.488. The van der Waals surface area contributed by atoms with Crippen molar-refractivity contribution >= 4 is 33.2 Å². The Kier molecular flexibility index (Phi) is 4.24. The fourth-order valence-corrected chi connectivity index (χ4v) is 1.87. The Labute approximate surface area is 123 Å². The predicted octanol–water partition coefficient (Wildman–Crippen LogP) is 3.43. The van der Waals surface area contributed by atoms with Crippen LogP contribution in [0.3, 0.4) is 0 Å². The molecule has 0 radical (unpaired) electrons. The van der Waals surface area contributed by atoms with E-state index in [0.717, 1.165) is 4.47 Å². The van der Waals surface area contributed by atoms with E-state index in [2.05, 4.69) is 21.2 Å². The molecule has 0 heterocycles. The lowest BCUT2D eigenvalue weighted by molar-refractivity contribution is 0.102. The van der Waals surface area contributed by atoms with Crippen LogP contribution in [0.25, 0.3) is 0 Å². The van der Waals surface area contributed by atoms with Crippen molar-refractivity contribution in [3.63, 3.8) is 0 Å². The standard InChI is InChI=1S/C14H12BrFN2O2/c1-20-13-7-9(3-5-11(13)16)18-14(19)8-2-4-10(15)12(17)6-8/h2-7H,17H2,1H3,(H,18,19). The number of halogens is 2. The summed E-state index contributed by atoms with van der Waals surface area (Å²) in [5.41, 5.74) is 7.04. The van der Waals surface area contributed by atoms with Crippen LogP contribution in [0.4, 0.5) is 15.8 Å². The molecule has 6 heteroatoms. The molecule has 4 nitrogen and oxygen atoms in total. The molecule has 3 N–H and O–H groups in total. The zero-order chi connectivity index (χ0) is 14.7. The van der Waals surface area contributed by atoms with Gasteiger partial charge >= 0.3 is 0 Å². The molecule has 0 atom stereocenters. The molecule has 0 spiro atoms. The third-order valence-corrected chi connectivity index (χ3v) is 3.39. The van der Waals surface area contributed by atoms with Crippen LogP contribution in [0, 0.1) is 5.82 Å². The van der Waals surface area contributed by atoms with Crippen LogP contribution in [0.5, 0.6) is 5.75 Å². The summed E-state index contributed by atoms with van der Waals surface area (Å²) in [7, 11) is 1.36. The van der Waals surface area contributed by atoms with Gasteiger partial charge in [-0.15, -0.1) is 0 Å². The fourth-order valence-electron chi connectivity index (χ4n) is 1.63. The van der Waals surface area contributed by atoms with Gasteiger partial charge in [0.2, 0.25) is 0 Å². The van der Waals surface area contributed by atoms with Crippen LogP contribution >= 0.6 is 15.9 Å². The summed E-state index contributed by atoms with van der Waals surface area (Å²) in [5, 5.41) is 2.65. The zero-order valence-electron chi connectivity index (χ0n) is 10.6. The number of nitrogens with one attached hydrogen (secondary N) is 1. The second-order valence-electron chi connectivity index (χ2n) is 4.04. The molecular weight excluding hydrogens is 327 g/mol. The van der Waals surface area contributed by atoms with Gasteiger partial charge in [0.1, 0.15) is 0 Å². The minimum absolute atomic E-state index is 0.0677. The monoisotopic (exact) mass is 338 g/mol. The predicted molar refractivity (Wildman–Crippen MR) is 79.5 cm³/mol. The smallest absolute Gasteiger partial charge is 0.255 e. The summed E-state index contributed by atoms with van der Waals surface area (Å²) in [6.45, 7) is 0. The van der Waals surface area contributed by atoms with Crippen molar-refractivity contribution < 1.29 is 13.9 Å². The average Bonchev–Trinajstić information content (AvgIpc) is 2.43. The Morgan fingerprint density at radius 1 is 1.30 bits per heavy atom. The highest BCUT2D eigenvalue weighted by Crippen LogP contribution is 2.23. The van der Waals surface area contributed by atoms with Gasteiger partial charge in [-0.05, 0) is 46.3 Å². The molecule has 2 aromatic rings. The van der Waals surface area contributed by atoms with E-state index in [1.54, 1.807) is 18.2 Å². The molecule has 0 saturated carbocycles. The zero-order valence-corrected chi connectivity index (χ0v) is 12.2. The first-order valence-electron chi connectivity index (χ1n) is 5.71. The largest absolute Gasteiger partial charge is 0.494 e. The lowest BCUT2D eigenvalue weighted by Crippen LogP contribution is -2.12. The minimum Gasteiger partial charge on any atom is -0.494 e. The number of hydrogen-bond acceptors (Lipinski definition) is 3. The van der Waals surface area contributed by atoms with E-state index in [9.17, 15) is 9.18 Å². The highest BCUT2D eigenvalue weighted by molar-refractivity contribution is 9.10. The van der Waals surface area contributed by atoms with Crippen LogP contribution in [-0.4, -0.2) is 13.0 Å². The third-order valence-electron chi connectivity index (χ3n) is 2.67. The number of nitrogens with two attached hydrogens (primary N) is 1. The van der Waals surface area contributed by atoms with Crippen molar-refractivity contribution in [2.45, 2.75) is 0 Å². The van der Waals surface area contributed by atoms with Gasteiger partial charge in [0.25, 0.3) is 5.91 Å². The van der Waals surface area contributed by atoms with Gasteiger partial charge in [0.15, 0.2) is 11.6 Å². The van der Waals surface area contributed by atoms with Crippen molar-refractivity contribution in [3.05, 3.63) is 52.3 Å². The van der Waals surface area contributed by atoms with E-state index in [4.69, 9.17) is 10.5 Å². The number of nitrogen functional groups attached to an aromatic ring is 1. The van der Waals surface area contributed by atoms with E-state index in [1.807, 2.05) is 0 Å². The van der Waals surface area contributed by atoms with Crippen molar-refractivity contribution in [2.75, 3.05) is 18.2 Å². The third kappa shape index (κ3) is 3.08. The molecule has 0 unspecified atom stereocenters. The molecule has 2 aromatic carbocycles. The molecule has 20 heavy (non-hydrogen) atoms. The molecular formula is C14H12BrFN2O2. The Bertz CT molecular complexity index is 662. The van der Waals surface area contributed by atoms with E-state index < -0.39 is 5.82 Å². The van der Waals surface area contributed by atoms with Gasteiger partial charge < -0.3 is 15.8 Å². The molecule has 1 amide bonds. The molecule has 104 valence electrons. The van der Waals surface area contributed by atoms with Crippen LogP contribution in [0.1, 0.15) is 10.4 Å². The van der Waals surface area contributed by atoms with Gasteiger partial charge in [-0.3, -0.25) is 4.79 Å². The lowest BCUT2D eigenvalue weighted by Gasteiger charge is -2.08. The van der Waals surface area contributed by atoms with Crippen molar-refractivity contribution in [1.29, 1.82) is 0 Å². The number of methoxy groups -OCH3 is 1. The molecule has 0 saturated heterocycles. The average molecular weight is 339 g/mol. The summed E-state index contributed by atoms with van der Waals surface area (Å²) in [5.74, 6) is -0.755. The van der Waals surface area contributed by atoms with Gasteiger partial charge in [-0.1, -0.05) is 0 Å². The van der Waals surface area contributed by atoms with Gasteiger partial charge in [0.05, 0.1) is 7.11 Å². The number of rotatable bonds is 3. The molecule has 0 aromatic heterocycles. The SMILES string of the molecule is COc1cc(NC(=O)c2ccc(Br)c(N)c2)ccc1F. The fraction of sp³-hybridized carbons (Fsp3) is 0.0714. The normalized spacial score (nSPS) is 10.2. The molecule has 0 aliphatic rings. The quantitative estimate of drug-likeness (QED) is 0.842. The molecule has 0 aliphatic heterocycles. The summed E-state index contributed by atoms with van der Waals surface area (Å²) in [6.07, 6.45) is 0. The first-order valence-corrected chi connectivity index (χ1v) is 6.50. The first-order chi connectivity index (χ1) is 9.51. The number of anilines is 2. The van der Waals surface area contributed by atoms with Crippen LogP contribution in [0.15, 0.2) is 40.9 Å². The Morgan fingerprint density at radius 3 is 2.70 bits per heavy atom.